The van der Waals surface area contributed by atoms with Crippen molar-refractivity contribution < 1.29 is 4.39 Å². The summed E-state index contributed by atoms with van der Waals surface area (Å²) >= 11 is 0. The Labute approximate surface area is 125 Å². The van der Waals surface area contributed by atoms with Crippen LogP contribution in [0, 0.1) is 5.92 Å². The summed E-state index contributed by atoms with van der Waals surface area (Å²) in [6, 6.07) is 0. The summed E-state index contributed by atoms with van der Waals surface area (Å²) in [5.74, 6) is 0.499. The predicted octanol–water partition coefficient (Wildman–Crippen LogP) is 5.20. The summed E-state index contributed by atoms with van der Waals surface area (Å²) in [6.45, 7) is 11.3. The van der Waals surface area contributed by atoms with E-state index in [1.165, 1.54) is 5.57 Å². The molecule has 0 bridgehead atoms. The number of nitrogens with zero attached hydrogens (tertiary/aromatic N) is 1. The van der Waals surface area contributed by atoms with Crippen LogP contribution in [0.4, 0.5) is 4.39 Å². The molecule has 0 radical (unpaired) electrons. The predicted molar refractivity (Wildman–Crippen MR) is 90.1 cm³/mol. The van der Waals surface area contributed by atoms with Gasteiger partial charge in [0.2, 0.25) is 0 Å². The summed E-state index contributed by atoms with van der Waals surface area (Å²) in [5, 5.41) is 1.02. The van der Waals surface area contributed by atoms with Crippen LogP contribution in [-0.2, 0) is 0 Å². The monoisotopic (exact) mass is 295 g/mol. The van der Waals surface area contributed by atoms with Crippen LogP contribution in [-0.4, -0.2) is 18.5 Å². The fourth-order valence-corrected chi connectivity index (χ4v) is 3.18. The Bertz CT molecular complexity index is 458. The van der Waals surface area contributed by atoms with E-state index in [1.54, 1.807) is 6.20 Å². The second-order valence-electron chi connectivity index (χ2n) is 5.95. The van der Waals surface area contributed by atoms with Gasteiger partial charge in [0.25, 0.3) is 0 Å². The molecule has 1 atom stereocenters. The van der Waals surface area contributed by atoms with Crippen LogP contribution in [0.25, 0.3) is 0 Å². The highest BCUT2D eigenvalue weighted by molar-refractivity contribution is 7.22. The van der Waals surface area contributed by atoms with E-state index in [0.29, 0.717) is 5.92 Å². The van der Waals surface area contributed by atoms with Gasteiger partial charge in [-0.2, -0.15) is 0 Å². The molecule has 1 nitrogen and oxygen atoms in total. The van der Waals surface area contributed by atoms with E-state index < -0.39 is 0 Å². The Balaban J connectivity index is 2.76. The van der Waals surface area contributed by atoms with Crippen LogP contribution in [0.3, 0.4) is 0 Å². The summed E-state index contributed by atoms with van der Waals surface area (Å²) in [6.07, 6.45) is 6.45. The average molecular weight is 295 g/mol. The molecule has 0 spiro atoms. The molecule has 0 saturated heterocycles. The Morgan fingerprint density at radius 2 is 2.15 bits per heavy atom. The number of rotatable bonds is 6. The van der Waals surface area contributed by atoms with Crippen molar-refractivity contribution in [2.75, 3.05) is 13.6 Å². The summed E-state index contributed by atoms with van der Waals surface area (Å²) in [5.41, 5.74) is 3.11. The highest BCUT2D eigenvalue weighted by Crippen LogP contribution is 2.34. The molecule has 0 saturated carbocycles. The van der Waals surface area contributed by atoms with Crippen molar-refractivity contribution in [3.05, 3.63) is 46.7 Å². The minimum absolute atomic E-state index is 0.133. The third-order valence-electron chi connectivity index (χ3n) is 3.43. The molecular weight excluding hydrogens is 268 g/mol. The molecule has 20 heavy (non-hydrogen) atoms. The molecule has 0 amide bonds. The Morgan fingerprint density at radius 1 is 1.50 bits per heavy atom. The molecule has 0 aliphatic carbocycles. The van der Waals surface area contributed by atoms with Crippen LogP contribution in [0.15, 0.2) is 46.7 Å². The van der Waals surface area contributed by atoms with Gasteiger partial charge in [0.1, 0.15) is 5.83 Å². The average Bonchev–Trinajstić information content (AvgIpc) is 2.31. The summed E-state index contributed by atoms with van der Waals surface area (Å²) in [4.78, 5) is 1.87. The highest BCUT2D eigenvalue weighted by Gasteiger charge is 2.19. The lowest BCUT2D eigenvalue weighted by Crippen LogP contribution is -2.19. The lowest BCUT2D eigenvalue weighted by atomic mass is 9.93. The van der Waals surface area contributed by atoms with Crippen molar-refractivity contribution in [1.29, 1.82) is 0 Å². The molecule has 1 aliphatic heterocycles. The van der Waals surface area contributed by atoms with Crippen molar-refractivity contribution in [3.63, 3.8) is 0 Å². The molecule has 1 heterocycles. The quantitative estimate of drug-likeness (QED) is 0.481. The van der Waals surface area contributed by atoms with Gasteiger partial charge in [-0.1, -0.05) is 32.1 Å². The fourth-order valence-electron chi connectivity index (χ4n) is 2.57. The van der Waals surface area contributed by atoms with Crippen LogP contribution in [0.5, 0.6) is 0 Å². The topological polar surface area (TPSA) is 3.24 Å². The van der Waals surface area contributed by atoms with Gasteiger partial charge in [-0.15, -0.1) is 9.24 Å². The molecule has 0 aromatic rings. The van der Waals surface area contributed by atoms with E-state index in [-0.39, 0.29) is 5.83 Å². The summed E-state index contributed by atoms with van der Waals surface area (Å²) in [7, 11) is 4.57. The van der Waals surface area contributed by atoms with Crippen LogP contribution in [0.1, 0.15) is 40.0 Å². The first-order valence-corrected chi connectivity index (χ1v) is 7.81. The maximum Gasteiger partial charge on any atom is 0.146 e. The molecule has 1 aliphatic rings. The number of allylic oxidation sites excluding steroid dienone is 5. The maximum atomic E-state index is 14.2. The zero-order chi connectivity index (χ0) is 15.3. The summed E-state index contributed by atoms with van der Waals surface area (Å²) < 4.78 is 14.2. The lowest BCUT2D eigenvalue weighted by Gasteiger charge is -2.25. The zero-order valence-corrected chi connectivity index (χ0v) is 14.3. The largest absolute Gasteiger partial charge is 0.374 e. The van der Waals surface area contributed by atoms with Gasteiger partial charge in [-0.25, -0.2) is 4.39 Å². The second kappa shape index (κ2) is 7.78. The Kier molecular flexibility index (Phi) is 6.68. The van der Waals surface area contributed by atoms with E-state index in [2.05, 4.69) is 29.7 Å². The van der Waals surface area contributed by atoms with Crippen molar-refractivity contribution in [1.82, 2.24) is 4.90 Å². The zero-order valence-electron chi connectivity index (χ0n) is 13.2. The van der Waals surface area contributed by atoms with Crippen molar-refractivity contribution in [2.24, 2.45) is 5.92 Å². The number of likely N-dealkylation sites (N-methyl/N-ethyl adjacent to an activating group) is 1. The SMILES string of the molecule is C=C(CC/C(=C\C)C1=C(P)CN(C)C=C1F)CC(C)C. The van der Waals surface area contributed by atoms with E-state index in [4.69, 9.17) is 0 Å². The Hall–Kier alpha value is -0.880. The van der Waals surface area contributed by atoms with Crippen molar-refractivity contribution in [3.8, 4) is 0 Å². The van der Waals surface area contributed by atoms with Crippen LogP contribution >= 0.6 is 9.24 Å². The molecule has 112 valence electrons. The third-order valence-corrected chi connectivity index (χ3v) is 3.90. The van der Waals surface area contributed by atoms with Gasteiger partial charge in [-0.05, 0) is 43.0 Å². The minimum atomic E-state index is -0.133. The number of hydrogen-bond acceptors (Lipinski definition) is 1. The highest BCUT2D eigenvalue weighted by atomic mass is 31.0. The fraction of sp³-hybridized carbons (Fsp3) is 0.529. The molecular formula is C17H27FNP. The van der Waals surface area contributed by atoms with Crippen LogP contribution < -0.4 is 0 Å². The molecule has 3 heteroatoms. The molecule has 1 rings (SSSR count). The van der Waals surface area contributed by atoms with Gasteiger partial charge >= 0.3 is 0 Å². The van der Waals surface area contributed by atoms with Crippen molar-refractivity contribution >= 4 is 9.24 Å². The minimum Gasteiger partial charge on any atom is -0.374 e. The Morgan fingerprint density at radius 3 is 2.65 bits per heavy atom. The molecule has 0 fully saturated rings. The standard InChI is InChI=1S/C17H27FNP/c1-6-14(8-7-13(4)9-12(2)3)17-15(18)10-19(5)11-16(17)20/h6,10,12H,4,7-9,11,20H2,1-3,5H3/b14-6+. The van der Waals surface area contributed by atoms with E-state index in [0.717, 1.165) is 42.3 Å². The molecule has 0 N–H and O–H groups in total. The molecule has 0 aromatic carbocycles. The second-order valence-corrected chi connectivity index (χ2v) is 6.65. The van der Waals surface area contributed by atoms with Gasteiger partial charge in [0, 0.05) is 25.4 Å². The van der Waals surface area contributed by atoms with Gasteiger partial charge < -0.3 is 4.90 Å². The van der Waals surface area contributed by atoms with E-state index >= 15 is 0 Å². The number of halogens is 1. The number of hydrogen-bond donors (Lipinski definition) is 0. The van der Waals surface area contributed by atoms with E-state index in [9.17, 15) is 4.39 Å². The first-order valence-electron chi connectivity index (χ1n) is 7.23. The van der Waals surface area contributed by atoms with Crippen molar-refractivity contribution in [2.45, 2.75) is 40.0 Å². The maximum absolute atomic E-state index is 14.2. The van der Waals surface area contributed by atoms with Crippen LogP contribution in [0.2, 0.25) is 0 Å². The van der Waals surface area contributed by atoms with Gasteiger partial charge in [0.15, 0.2) is 0 Å². The van der Waals surface area contributed by atoms with Gasteiger partial charge in [-0.3, -0.25) is 0 Å². The normalized spacial score (nSPS) is 16.9. The lowest BCUT2D eigenvalue weighted by molar-refractivity contribution is 0.465. The third kappa shape index (κ3) is 4.90. The van der Waals surface area contributed by atoms with Gasteiger partial charge in [0.05, 0.1) is 0 Å². The van der Waals surface area contributed by atoms with E-state index in [1.807, 2.05) is 24.9 Å². The first kappa shape index (κ1) is 17.2. The first-order chi connectivity index (χ1) is 9.35. The molecule has 0 aromatic heterocycles. The molecule has 1 unspecified atom stereocenters. The smallest absolute Gasteiger partial charge is 0.146 e.